The molecule has 190 valence electrons. The normalized spacial score (nSPS) is 11.4. The molecular weight excluding hydrogens is 438 g/mol. The van der Waals surface area contributed by atoms with Crippen molar-refractivity contribution in [3.8, 4) is 11.5 Å². The molecule has 2 aromatic carbocycles. The smallest absolute Gasteiger partial charge is 0.197 e. The van der Waals surface area contributed by atoms with E-state index in [0.29, 0.717) is 40.9 Å². The number of nitrogens with zero attached hydrogens (tertiary/aromatic N) is 1. The Morgan fingerprint density at radius 3 is 2.20 bits per heavy atom. The van der Waals surface area contributed by atoms with Crippen LogP contribution in [-0.4, -0.2) is 42.0 Å². The van der Waals surface area contributed by atoms with Crippen molar-refractivity contribution in [1.29, 1.82) is 0 Å². The van der Waals surface area contributed by atoms with E-state index in [1.165, 1.54) is 25.7 Å². The van der Waals surface area contributed by atoms with Gasteiger partial charge in [-0.05, 0) is 81.2 Å². The van der Waals surface area contributed by atoms with Crippen molar-refractivity contribution in [3.63, 3.8) is 0 Å². The molecular formula is C30H41NO4. The van der Waals surface area contributed by atoms with E-state index >= 15 is 0 Å². The van der Waals surface area contributed by atoms with Crippen molar-refractivity contribution in [2.75, 3.05) is 26.2 Å². The molecule has 0 aliphatic rings. The summed E-state index contributed by atoms with van der Waals surface area (Å²) in [6, 6.07) is 12.3. The SMILES string of the molecule is CCCCc1oc2ccc(O)cc2c1C(=O)c1ccc(OCCCN(CCCC)CCCC)cc1. The van der Waals surface area contributed by atoms with E-state index < -0.39 is 0 Å². The topological polar surface area (TPSA) is 62.9 Å². The second-order valence-corrected chi connectivity index (χ2v) is 9.29. The molecule has 5 nitrogen and oxygen atoms in total. The number of benzene rings is 2. The van der Waals surface area contributed by atoms with Crippen LogP contribution in [0.25, 0.3) is 11.0 Å². The maximum atomic E-state index is 13.4. The zero-order valence-electron chi connectivity index (χ0n) is 21.6. The number of aromatic hydroxyl groups is 1. The van der Waals surface area contributed by atoms with Crippen LogP contribution >= 0.6 is 0 Å². The Hall–Kier alpha value is -2.79. The predicted molar refractivity (Wildman–Crippen MR) is 143 cm³/mol. The summed E-state index contributed by atoms with van der Waals surface area (Å²) in [7, 11) is 0. The number of ether oxygens (including phenoxy) is 1. The summed E-state index contributed by atoms with van der Waals surface area (Å²) in [4.78, 5) is 16.0. The standard InChI is InChI=1S/C30H41NO4/c1-4-7-11-28-29(26-22-24(32)14-17-27(26)35-28)30(33)23-12-15-25(16-13-23)34-21-10-20-31(18-8-5-2)19-9-6-3/h12-17,22,32H,4-11,18-21H2,1-3H3. The van der Waals surface area contributed by atoms with Gasteiger partial charge in [-0.3, -0.25) is 4.79 Å². The predicted octanol–water partition coefficient (Wildman–Crippen LogP) is 7.38. The van der Waals surface area contributed by atoms with E-state index in [1.807, 2.05) is 24.3 Å². The van der Waals surface area contributed by atoms with Crippen molar-refractivity contribution in [3.05, 3.63) is 59.4 Å². The van der Waals surface area contributed by atoms with Crippen LogP contribution in [0.3, 0.4) is 0 Å². The number of hydrogen-bond donors (Lipinski definition) is 1. The lowest BCUT2D eigenvalue weighted by molar-refractivity contribution is 0.103. The van der Waals surface area contributed by atoms with Gasteiger partial charge in [-0.2, -0.15) is 0 Å². The first-order chi connectivity index (χ1) is 17.1. The Bertz CT molecular complexity index is 1050. The van der Waals surface area contributed by atoms with Crippen molar-refractivity contribution in [2.24, 2.45) is 0 Å². The zero-order chi connectivity index (χ0) is 25.0. The summed E-state index contributed by atoms with van der Waals surface area (Å²) in [5, 5.41) is 10.6. The van der Waals surface area contributed by atoms with Gasteiger partial charge in [0.05, 0.1) is 12.2 Å². The molecule has 0 saturated carbocycles. The molecule has 0 spiro atoms. The third-order valence-electron chi connectivity index (χ3n) is 6.39. The summed E-state index contributed by atoms with van der Waals surface area (Å²) in [6.07, 6.45) is 8.56. The van der Waals surface area contributed by atoms with Gasteiger partial charge in [-0.1, -0.05) is 40.0 Å². The van der Waals surface area contributed by atoms with E-state index in [4.69, 9.17) is 9.15 Å². The maximum absolute atomic E-state index is 13.4. The lowest BCUT2D eigenvalue weighted by Gasteiger charge is -2.21. The van der Waals surface area contributed by atoms with Crippen LogP contribution in [0.1, 0.15) is 87.4 Å². The van der Waals surface area contributed by atoms with Gasteiger partial charge in [0.25, 0.3) is 0 Å². The summed E-state index contributed by atoms with van der Waals surface area (Å²) in [6.45, 7) is 10.6. The highest BCUT2D eigenvalue weighted by atomic mass is 16.5. The monoisotopic (exact) mass is 479 g/mol. The molecule has 0 aliphatic carbocycles. The Morgan fingerprint density at radius 2 is 1.54 bits per heavy atom. The van der Waals surface area contributed by atoms with Gasteiger partial charge in [0.15, 0.2) is 5.78 Å². The summed E-state index contributed by atoms with van der Waals surface area (Å²) < 4.78 is 12.0. The summed E-state index contributed by atoms with van der Waals surface area (Å²) in [5.74, 6) is 1.50. The zero-order valence-corrected chi connectivity index (χ0v) is 21.6. The first kappa shape index (κ1) is 26.8. The number of unbranched alkanes of at least 4 members (excludes halogenated alkanes) is 3. The highest BCUT2D eigenvalue weighted by molar-refractivity contribution is 6.17. The second kappa shape index (κ2) is 13.9. The number of carbonyl (C=O) groups is 1. The Balaban J connectivity index is 1.63. The maximum Gasteiger partial charge on any atom is 0.197 e. The minimum absolute atomic E-state index is 0.0884. The van der Waals surface area contributed by atoms with Crippen molar-refractivity contribution < 1.29 is 19.1 Å². The summed E-state index contributed by atoms with van der Waals surface area (Å²) in [5.41, 5.74) is 1.77. The van der Waals surface area contributed by atoms with E-state index in [-0.39, 0.29) is 11.5 Å². The fraction of sp³-hybridized carbons (Fsp3) is 0.500. The second-order valence-electron chi connectivity index (χ2n) is 9.29. The fourth-order valence-corrected chi connectivity index (χ4v) is 4.32. The third-order valence-corrected chi connectivity index (χ3v) is 6.39. The number of carbonyl (C=O) groups excluding carboxylic acids is 1. The Labute approximate surface area is 210 Å². The molecule has 0 aliphatic heterocycles. The number of fused-ring (bicyclic) bond motifs is 1. The number of aryl methyl sites for hydroxylation is 1. The Kier molecular flexibility index (Phi) is 10.7. The number of hydrogen-bond acceptors (Lipinski definition) is 5. The molecule has 5 heteroatoms. The van der Waals surface area contributed by atoms with E-state index in [1.54, 1.807) is 18.2 Å². The largest absolute Gasteiger partial charge is 0.508 e. The molecule has 1 heterocycles. The molecule has 3 aromatic rings. The van der Waals surface area contributed by atoms with Crippen molar-refractivity contribution in [1.82, 2.24) is 4.90 Å². The first-order valence-corrected chi connectivity index (χ1v) is 13.3. The lowest BCUT2D eigenvalue weighted by atomic mass is 9.98. The van der Waals surface area contributed by atoms with Crippen LogP contribution < -0.4 is 4.74 Å². The minimum atomic E-state index is -0.0884. The number of rotatable bonds is 16. The number of phenols is 1. The van der Waals surface area contributed by atoms with Crippen LogP contribution in [0.15, 0.2) is 46.9 Å². The number of furan rings is 1. The van der Waals surface area contributed by atoms with Crippen molar-refractivity contribution in [2.45, 2.75) is 72.1 Å². The van der Waals surface area contributed by atoms with Crippen molar-refractivity contribution >= 4 is 16.8 Å². The summed E-state index contributed by atoms with van der Waals surface area (Å²) >= 11 is 0. The molecule has 0 fully saturated rings. The molecule has 1 aromatic heterocycles. The van der Waals surface area contributed by atoms with Crippen LogP contribution in [-0.2, 0) is 6.42 Å². The highest BCUT2D eigenvalue weighted by Gasteiger charge is 2.22. The van der Waals surface area contributed by atoms with Crippen LogP contribution in [0, 0.1) is 0 Å². The van der Waals surface area contributed by atoms with E-state index in [2.05, 4.69) is 25.7 Å². The van der Waals surface area contributed by atoms with Gasteiger partial charge in [-0.15, -0.1) is 0 Å². The van der Waals surface area contributed by atoms with Crippen LogP contribution in [0.2, 0.25) is 0 Å². The lowest BCUT2D eigenvalue weighted by Crippen LogP contribution is -2.28. The third kappa shape index (κ3) is 7.60. The molecule has 0 amide bonds. The number of phenolic OH excluding ortho intramolecular Hbond substituents is 1. The molecule has 3 rings (SSSR count). The van der Waals surface area contributed by atoms with Gasteiger partial charge < -0.3 is 19.2 Å². The molecule has 0 bridgehead atoms. The van der Waals surface area contributed by atoms with Gasteiger partial charge >= 0.3 is 0 Å². The average Bonchev–Trinajstić information content (AvgIpc) is 3.23. The van der Waals surface area contributed by atoms with Gasteiger partial charge in [0, 0.05) is 23.9 Å². The highest BCUT2D eigenvalue weighted by Crippen LogP contribution is 2.32. The quantitative estimate of drug-likeness (QED) is 0.171. The first-order valence-electron chi connectivity index (χ1n) is 13.3. The molecule has 0 atom stereocenters. The minimum Gasteiger partial charge on any atom is -0.508 e. The molecule has 35 heavy (non-hydrogen) atoms. The molecule has 0 saturated heterocycles. The van der Waals surface area contributed by atoms with Gasteiger partial charge in [0.1, 0.15) is 22.8 Å². The van der Waals surface area contributed by atoms with Gasteiger partial charge in [0.2, 0.25) is 0 Å². The molecule has 1 N–H and O–H groups in total. The van der Waals surface area contributed by atoms with Crippen LogP contribution in [0.5, 0.6) is 11.5 Å². The molecule has 0 unspecified atom stereocenters. The fourth-order valence-electron chi connectivity index (χ4n) is 4.32. The molecule has 0 radical (unpaired) electrons. The van der Waals surface area contributed by atoms with E-state index in [9.17, 15) is 9.90 Å². The van der Waals surface area contributed by atoms with Gasteiger partial charge in [-0.25, -0.2) is 0 Å². The number of ketones is 1. The van der Waals surface area contributed by atoms with E-state index in [0.717, 1.165) is 44.6 Å². The van der Waals surface area contributed by atoms with Crippen LogP contribution in [0.4, 0.5) is 0 Å². The average molecular weight is 480 g/mol. The Morgan fingerprint density at radius 1 is 0.886 bits per heavy atom.